The number of hydrogen-bond donors (Lipinski definition) is 7. The van der Waals surface area contributed by atoms with E-state index < -0.39 is 12.2 Å². The van der Waals surface area contributed by atoms with Gasteiger partial charge in [-0.15, -0.1) is 0 Å². The van der Waals surface area contributed by atoms with Crippen molar-refractivity contribution in [2.24, 2.45) is 32.9 Å². The van der Waals surface area contributed by atoms with E-state index in [-0.39, 0.29) is 23.1 Å². The maximum absolute atomic E-state index is 15.1. The molecule has 10 nitrogen and oxygen atoms in total. The van der Waals surface area contributed by atoms with Gasteiger partial charge < -0.3 is 43.2 Å². The van der Waals surface area contributed by atoms with Gasteiger partial charge in [0.1, 0.15) is 5.49 Å². The van der Waals surface area contributed by atoms with Gasteiger partial charge in [-0.25, -0.2) is 9.38 Å². The maximum atomic E-state index is 15.1. The van der Waals surface area contributed by atoms with Crippen LogP contribution in [-0.2, 0) is 6.42 Å². The lowest BCUT2D eigenvalue weighted by Gasteiger charge is -2.25. The van der Waals surface area contributed by atoms with Gasteiger partial charge in [0.25, 0.3) is 0 Å². The Kier molecular flexibility index (Phi) is 10.4. The van der Waals surface area contributed by atoms with Crippen molar-refractivity contribution in [1.82, 2.24) is 10.3 Å². The van der Waals surface area contributed by atoms with E-state index in [2.05, 4.69) is 27.2 Å². The standard InChI is InChI=1S/C29H39ClFN9O/c1-17(36-10-3-11-37-28(34)35)19-6-8-22(9-7-19)40-16-20-14-25(38-27(20)39-29(40)41)23-12-18(13-24(30)26(23)31)4-2-5-21(33)15-32/h6-9,12-14,16-17,21,29,36,41H,2-5,10-11,15,32-33H2,1H3,(H,38,39)(H4,34,35,37)/t17-,21+,29?/m0/s1. The van der Waals surface area contributed by atoms with Crippen LogP contribution in [0.2, 0.25) is 5.02 Å². The third kappa shape index (κ3) is 7.84. The number of aromatic amines is 1. The van der Waals surface area contributed by atoms with E-state index in [9.17, 15) is 5.11 Å². The number of fused-ring (bicyclic) bond motifs is 1. The van der Waals surface area contributed by atoms with Crippen molar-refractivity contribution in [3.63, 3.8) is 0 Å². The summed E-state index contributed by atoms with van der Waals surface area (Å²) in [5, 5.41) is 15.0. The first-order valence-electron chi connectivity index (χ1n) is 13.7. The van der Waals surface area contributed by atoms with E-state index in [1.165, 1.54) is 0 Å². The molecule has 3 atom stereocenters. The van der Waals surface area contributed by atoms with Gasteiger partial charge in [0.05, 0.1) is 10.7 Å². The second kappa shape index (κ2) is 13.9. The van der Waals surface area contributed by atoms with Gasteiger partial charge >= 0.3 is 0 Å². The fourth-order valence-electron chi connectivity index (χ4n) is 4.74. The number of aromatic nitrogens is 1. The molecule has 41 heavy (non-hydrogen) atoms. The second-order valence-electron chi connectivity index (χ2n) is 10.3. The average molecular weight is 584 g/mol. The summed E-state index contributed by atoms with van der Waals surface area (Å²) in [7, 11) is 0. The highest BCUT2D eigenvalue weighted by Crippen LogP contribution is 2.29. The number of guanidine groups is 1. The first kappa shape index (κ1) is 30.5. The molecule has 0 aliphatic carbocycles. The predicted octanol–water partition coefficient (Wildman–Crippen LogP) is 1.55. The molecule has 1 aliphatic rings. The molecular formula is C29H39ClFN9O. The maximum Gasteiger partial charge on any atom is 0.231 e. The lowest BCUT2D eigenvalue weighted by molar-refractivity contribution is 0.186. The summed E-state index contributed by atoms with van der Waals surface area (Å²) in [4.78, 5) is 13.2. The second-order valence-corrected chi connectivity index (χ2v) is 10.7. The molecule has 0 amide bonds. The Labute approximate surface area is 244 Å². The normalized spacial score (nSPS) is 16.0. The van der Waals surface area contributed by atoms with Crippen molar-refractivity contribution in [2.75, 3.05) is 24.5 Å². The number of H-pyrrole nitrogens is 1. The molecule has 3 aromatic rings. The average Bonchev–Trinajstić information content (AvgIpc) is 3.36. The summed E-state index contributed by atoms with van der Waals surface area (Å²) < 4.78 is 15.1. The predicted molar refractivity (Wildman–Crippen MR) is 163 cm³/mol. The number of aryl methyl sites for hydroxylation is 1. The third-order valence-corrected chi connectivity index (χ3v) is 7.37. The Morgan fingerprint density at radius 1 is 1.22 bits per heavy atom. The first-order valence-corrected chi connectivity index (χ1v) is 14.1. The van der Waals surface area contributed by atoms with Gasteiger partial charge in [0.15, 0.2) is 11.8 Å². The summed E-state index contributed by atoms with van der Waals surface area (Å²) in [6.45, 7) is 3.85. The first-order chi connectivity index (χ1) is 19.7. The van der Waals surface area contributed by atoms with Crippen LogP contribution in [-0.4, -0.2) is 48.1 Å². The lowest BCUT2D eigenvalue weighted by Crippen LogP contribution is -2.41. The zero-order valence-corrected chi connectivity index (χ0v) is 23.9. The number of anilines is 1. The number of nitrogens with one attached hydrogen (secondary N) is 2. The smallest absolute Gasteiger partial charge is 0.231 e. The van der Waals surface area contributed by atoms with E-state index in [4.69, 9.17) is 34.5 Å². The van der Waals surface area contributed by atoms with Crippen LogP contribution in [0.4, 0.5) is 10.1 Å². The van der Waals surface area contributed by atoms with E-state index in [1.807, 2.05) is 30.3 Å². The van der Waals surface area contributed by atoms with Crippen LogP contribution in [0.1, 0.15) is 43.4 Å². The SMILES string of the molecule is C[C@H](NCCCN=C(N)N)c1ccc(N2C=c3cc(-c4cc(CCC[C@@H](N)CN)cc(Cl)c4F)[nH]c3=NC2O)cc1. The van der Waals surface area contributed by atoms with E-state index >= 15 is 4.39 Å². The molecule has 220 valence electrons. The monoisotopic (exact) mass is 583 g/mol. The fraction of sp³-hybridized carbons (Fsp3) is 0.379. The van der Waals surface area contributed by atoms with Crippen LogP contribution in [0.5, 0.6) is 0 Å². The molecule has 0 bridgehead atoms. The Bertz CT molecular complexity index is 1470. The number of nitrogens with two attached hydrogens (primary N) is 4. The van der Waals surface area contributed by atoms with Crippen molar-refractivity contribution in [1.29, 1.82) is 0 Å². The minimum Gasteiger partial charge on any atom is -0.370 e. The van der Waals surface area contributed by atoms with Gasteiger partial charge in [0.2, 0.25) is 6.35 Å². The lowest BCUT2D eigenvalue weighted by atomic mass is 10.0. The van der Waals surface area contributed by atoms with Gasteiger partial charge in [-0.05, 0) is 80.6 Å². The van der Waals surface area contributed by atoms with Gasteiger partial charge in [-0.3, -0.25) is 4.99 Å². The molecule has 12 heteroatoms. The molecule has 2 aromatic carbocycles. The molecule has 0 saturated heterocycles. The summed E-state index contributed by atoms with van der Waals surface area (Å²) >= 11 is 6.25. The highest BCUT2D eigenvalue weighted by molar-refractivity contribution is 6.31. The summed E-state index contributed by atoms with van der Waals surface area (Å²) in [6.07, 6.45) is 3.77. The van der Waals surface area contributed by atoms with Crippen LogP contribution in [0.15, 0.2) is 52.4 Å². The molecule has 4 rings (SSSR count). The quantitative estimate of drug-likeness (QED) is 0.0905. The van der Waals surface area contributed by atoms with Gasteiger partial charge in [0, 0.05) is 47.8 Å². The van der Waals surface area contributed by atoms with Crippen LogP contribution in [0.25, 0.3) is 17.5 Å². The number of aliphatic imine (C=N–C) groups is 1. The number of benzene rings is 2. The number of nitrogens with zero attached hydrogens (tertiary/aromatic N) is 3. The Morgan fingerprint density at radius 2 is 1.98 bits per heavy atom. The highest BCUT2D eigenvalue weighted by Gasteiger charge is 2.20. The van der Waals surface area contributed by atoms with Crippen molar-refractivity contribution in [3.05, 3.63) is 75.1 Å². The van der Waals surface area contributed by atoms with Crippen LogP contribution in [0, 0.1) is 5.82 Å². The van der Waals surface area contributed by atoms with Crippen LogP contribution < -0.4 is 43.9 Å². The minimum absolute atomic E-state index is 0.0494. The summed E-state index contributed by atoms with van der Waals surface area (Å²) in [6, 6.07) is 13.2. The molecule has 0 spiro atoms. The summed E-state index contributed by atoms with van der Waals surface area (Å²) in [5.74, 6) is -0.416. The zero-order chi connectivity index (χ0) is 29.5. The summed E-state index contributed by atoms with van der Waals surface area (Å²) in [5.41, 5.74) is 26.4. The molecule has 0 saturated carbocycles. The fourth-order valence-corrected chi connectivity index (χ4v) is 4.98. The van der Waals surface area contributed by atoms with E-state index in [0.29, 0.717) is 36.3 Å². The number of halogens is 2. The van der Waals surface area contributed by atoms with Crippen molar-refractivity contribution in [2.45, 2.75) is 51.0 Å². The highest BCUT2D eigenvalue weighted by atomic mass is 35.5. The largest absolute Gasteiger partial charge is 0.370 e. The number of aliphatic hydroxyl groups excluding tert-OH is 1. The van der Waals surface area contributed by atoms with Gasteiger partial charge in [-0.2, -0.15) is 0 Å². The zero-order valence-electron chi connectivity index (χ0n) is 23.2. The van der Waals surface area contributed by atoms with Crippen molar-refractivity contribution in [3.8, 4) is 11.3 Å². The van der Waals surface area contributed by atoms with Crippen molar-refractivity contribution < 1.29 is 9.50 Å². The van der Waals surface area contributed by atoms with Crippen LogP contribution in [0.3, 0.4) is 0 Å². The topological polar surface area (TPSA) is 180 Å². The molecular weight excluding hydrogens is 545 g/mol. The molecule has 11 N–H and O–H groups in total. The third-order valence-electron chi connectivity index (χ3n) is 7.09. The van der Waals surface area contributed by atoms with Crippen molar-refractivity contribution >= 4 is 29.4 Å². The molecule has 1 unspecified atom stereocenters. The van der Waals surface area contributed by atoms with E-state index in [0.717, 1.165) is 47.8 Å². The Balaban J connectivity index is 1.49. The molecule has 2 heterocycles. The number of rotatable bonds is 13. The number of hydrogen-bond acceptors (Lipinski definition) is 7. The molecule has 1 aliphatic heterocycles. The Morgan fingerprint density at radius 3 is 2.68 bits per heavy atom. The Hall–Kier alpha value is -3.48. The minimum atomic E-state index is -1.14. The molecule has 0 fully saturated rings. The molecule has 0 radical (unpaired) electrons. The van der Waals surface area contributed by atoms with Crippen LogP contribution >= 0.6 is 11.6 Å². The van der Waals surface area contributed by atoms with E-state index in [1.54, 1.807) is 23.2 Å². The number of aliphatic hydroxyl groups is 1. The molecule has 1 aromatic heterocycles. The van der Waals surface area contributed by atoms with Gasteiger partial charge in [-0.1, -0.05) is 23.7 Å².